The molecule has 3 atom stereocenters. The Hall–Kier alpha value is -2.77. The number of nitrogens with zero attached hydrogens (tertiary/aromatic N) is 1. The molecule has 1 amide bonds. The highest BCUT2D eigenvalue weighted by atomic mass is 16.5. The van der Waals surface area contributed by atoms with E-state index in [1.165, 1.54) is 26.2 Å². The van der Waals surface area contributed by atoms with E-state index < -0.39 is 17.9 Å². The van der Waals surface area contributed by atoms with Crippen LogP contribution >= 0.6 is 0 Å². The molecule has 8 nitrogen and oxygen atoms in total. The summed E-state index contributed by atoms with van der Waals surface area (Å²) in [7, 11) is 4.16. The zero-order valence-electron chi connectivity index (χ0n) is 16.0. The van der Waals surface area contributed by atoms with E-state index in [0.29, 0.717) is 29.0 Å². The molecule has 1 aromatic carbocycles. The van der Waals surface area contributed by atoms with Crippen molar-refractivity contribution in [1.29, 1.82) is 0 Å². The minimum absolute atomic E-state index is 0.248. The standard InChI is InChI=1S/C19H23NO7/c1-9(18(22)25-4)14-7-12-15(27-14)6-11-13(16(12)24-3)8-20(17(11)21)10(2)19(23)26-5/h6,9-10,14H,7-8H2,1-5H3/t9-,10?,14+/m1/s1. The molecule has 27 heavy (non-hydrogen) atoms. The summed E-state index contributed by atoms with van der Waals surface area (Å²) in [6.45, 7) is 3.62. The summed E-state index contributed by atoms with van der Waals surface area (Å²) >= 11 is 0. The van der Waals surface area contributed by atoms with Crippen LogP contribution in [0.25, 0.3) is 0 Å². The first-order valence-electron chi connectivity index (χ1n) is 8.70. The number of methoxy groups -OCH3 is 3. The highest BCUT2D eigenvalue weighted by Crippen LogP contribution is 2.45. The zero-order chi connectivity index (χ0) is 19.9. The number of benzene rings is 1. The fourth-order valence-corrected chi connectivity index (χ4v) is 3.64. The van der Waals surface area contributed by atoms with Crippen LogP contribution in [0.3, 0.4) is 0 Å². The predicted molar refractivity (Wildman–Crippen MR) is 93.6 cm³/mol. The van der Waals surface area contributed by atoms with Crippen molar-refractivity contribution in [3.63, 3.8) is 0 Å². The lowest BCUT2D eigenvalue weighted by Crippen LogP contribution is -2.39. The lowest BCUT2D eigenvalue weighted by Gasteiger charge is -2.21. The highest BCUT2D eigenvalue weighted by molar-refractivity contribution is 6.02. The van der Waals surface area contributed by atoms with Crippen molar-refractivity contribution in [3.05, 3.63) is 22.8 Å². The van der Waals surface area contributed by atoms with Crippen molar-refractivity contribution < 1.29 is 33.3 Å². The third kappa shape index (κ3) is 2.98. The fraction of sp³-hybridized carbons (Fsp3) is 0.526. The van der Waals surface area contributed by atoms with Gasteiger partial charge in [-0.3, -0.25) is 9.59 Å². The van der Waals surface area contributed by atoms with E-state index in [1.807, 2.05) is 0 Å². The maximum Gasteiger partial charge on any atom is 0.328 e. The van der Waals surface area contributed by atoms with Crippen LogP contribution < -0.4 is 9.47 Å². The van der Waals surface area contributed by atoms with Crippen molar-refractivity contribution in [2.24, 2.45) is 5.92 Å². The van der Waals surface area contributed by atoms with Gasteiger partial charge in [0.15, 0.2) is 0 Å². The molecule has 1 aromatic rings. The largest absolute Gasteiger partial charge is 0.496 e. The Morgan fingerprint density at radius 1 is 1.15 bits per heavy atom. The molecule has 0 saturated carbocycles. The van der Waals surface area contributed by atoms with Crippen LogP contribution in [0.5, 0.6) is 11.5 Å². The van der Waals surface area contributed by atoms with Gasteiger partial charge in [-0.2, -0.15) is 0 Å². The highest BCUT2D eigenvalue weighted by Gasteiger charge is 2.41. The second-order valence-corrected chi connectivity index (χ2v) is 6.72. The van der Waals surface area contributed by atoms with Crippen molar-refractivity contribution >= 4 is 17.8 Å². The topological polar surface area (TPSA) is 91.4 Å². The molecule has 2 aliphatic rings. The van der Waals surface area contributed by atoms with Crippen LogP contribution in [-0.4, -0.2) is 56.2 Å². The minimum atomic E-state index is -0.706. The van der Waals surface area contributed by atoms with Gasteiger partial charge in [0.1, 0.15) is 23.6 Å². The molecule has 0 aliphatic carbocycles. The Labute approximate surface area is 157 Å². The SMILES string of the molecule is COC(=O)C(C)N1Cc2c(cc3c(c2OC)C[C@@H]([C@@H](C)C(=O)OC)O3)C1=O. The summed E-state index contributed by atoms with van der Waals surface area (Å²) in [4.78, 5) is 38.0. The molecular weight excluding hydrogens is 354 g/mol. The van der Waals surface area contributed by atoms with Gasteiger partial charge in [-0.25, -0.2) is 4.79 Å². The second kappa shape index (κ2) is 7.09. The van der Waals surface area contributed by atoms with Crippen LogP contribution in [0.2, 0.25) is 0 Å². The molecule has 2 heterocycles. The molecule has 0 bridgehead atoms. The number of esters is 2. The van der Waals surface area contributed by atoms with Gasteiger partial charge in [-0.05, 0) is 19.9 Å². The Morgan fingerprint density at radius 2 is 1.81 bits per heavy atom. The third-order valence-corrected chi connectivity index (χ3v) is 5.29. The van der Waals surface area contributed by atoms with Gasteiger partial charge in [-0.1, -0.05) is 0 Å². The fourth-order valence-electron chi connectivity index (χ4n) is 3.64. The maximum absolute atomic E-state index is 12.8. The molecule has 0 saturated heterocycles. The molecular formula is C19H23NO7. The van der Waals surface area contributed by atoms with Gasteiger partial charge in [0.25, 0.3) is 5.91 Å². The lowest BCUT2D eigenvalue weighted by atomic mass is 9.96. The first-order valence-corrected chi connectivity index (χ1v) is 8.70. The Kier molecular flexibility index (Phi) is 4.99. The van der Waals surface area contributed by atoms with Gasteiger partial charge < -0.3 is 23.8 Å². The molecule has 3 rings (SSSR count). The van der Waals surface area contributed by atoms with E-state index in [4.69, 9.17) is 18.9 Å². The third-order valence-electron chi connectivity index (χ3n) is 5.29. The average molecular weight is 377 g/mol. The van der Waals surface area contributed by atoms with Gasteiger partial charge in [0.05, 0.1) is 39.4 Å². The second-order valence-electron chi connectivity index (χ2n) is 6.72. The summed E-state index contributed by atoms with van der Waals surface area (Å²) < 4.78 is 21.1. The number of fused-ring (bicyclic) bond motifs is 2. The van der Waals surface area contributed by atoms with E-state index in [0.717, 1.165) is 5.56 Å². The van der Waals surface area contributed by atoms with Crippen LogP contribution in [0, 0.1) is 5.92 Å². The summed E-state index contributed by atoms with van der Waals surface area (Å²) in [5.74, 6) is -0.479. The maximum atomic E-state index is 12.8. The number of carbonyl (C=O) groups is 3. The van der Waals surface area contributed by atoms with Gasteiger partial charge in [-0.15, -0.1) is 0 Å². The monoisotopic (exact) mass is 377 g/mol. The lowest BCUT2D eigenvalue weighted by molar-refractivity contribution is -0.147. The van der Waals surface area contributed by atoms with Crippen molar-refractivity contribution in [2.45, 2.75) is 39.0 Å². The molecule has 0 radical (unpaired) electrons. The van der Waals surface area contributed by atoms with Gasteiger partial charge in [0, 0.05) is 17.5 Å². The quantitative estimate of drug-likeness (QED) is 0.715. The van der Waals surface area contributed by atoms with E-state index in [2.05, 4.69) is 0 Å². The number of rotatable bonds is 5. The van der Waals surface area contributed by atoms with Crippen molar-refractivity contribution in [3.8, 4) is 11.5 Å². The molecule has 8 heteroatoms. The first kappa shape index (κ1) is 19.0. The number of amides is 1. The molecule has 146 valence electrons. The number of ether oxygens (including phenoxy) is 4. The molecule has 2 aliphatic heterocycles. The van der Waals surface area contributed by atoms with Crippen LogP contribution in [0.1, 0.15) is 35.3 Å². The van der Waals surface area contributed by atoms with Crippen molar-refractivity contribution in [1.82, 2.24) is 4.90 Å². The Bertz CT molecular complexity index is 804. The van der Waals surface area contributed by atoms with E-state index in [9.17, 15) is 14.4 Å². The predicted octanol–water partition coefficient (Wildman–Crippen LogP) is 1.33. The van der Waals surface area contributed by atoms with Crippen LogP contribution in [0.4, 0.5) is 0 Å². The summed E-state index contributed by atoms with van der Waals surface area (Å²) in [5.41, 5.74) is 1.97. The molecule has 0 fully saturated rings. The Morgan fingerprint density at radius 3 is 2.41 bits per heavy atom. The van der Waals surface area contributed by atoms with Crippen molar-refractivity contribution in [2.75, 3.05) is 21.3 Å². The van der Waals surface area contributed by atoms with Crippen LogP contribution in [0.15, 0.2) is 6.07 Å². The molecule has 1 unspecified atom stereocenters. The van der Waals surface area contributed by atoms with E-state index in [-0.39, 0.29) is 24.5 Å². The number of hydrogen-bond acceptors (Lipinski definition) is 7. The van der Waals surface area contributed by atoms with Crippen LogP contribution in [-0.2, 0) is 32.0 Å². The first-order chi connectivity index (χ1) is 12.8. The summed E-state index contributed by atoms with van der Waals surface area (Å²) in [5, 5.41) is 0. The molecule has 0 N–H and O–H groups in total. The van der Waals surface area contributed by atoms with Gasteiger partial charge in [0.2, 0.25) is 0 Å². The van der Waals surface area contributed by atoms with E-state index in [1.54, 1.807) is 19.9 Å². The summed E-state index contributed by atoms with van der Waals surface area (Å²) in [6, 6.07) is 0.964. The molecule has 0 aromatic heterocycles. The van der Waals surface area contributed by atoms with Gasteiger partial charge >= 0.3 is 11.9 Å². The molecule has 0 spiro atoms. The smallest absolute Gasteiger partial charge is 0.328 e. The number of carbonyl (C=O) groups excluding carboxylic acids is 3. The average Bonchev–Trinajstić information content (AvgIpc) is 3.25. The minimum Gasteiger partial charge on any atom is -0.496 e. The zero-order valence-corrected chi connectivity index (χ0v) is 16.0. The van der Waals surface area contributed by atoms with E-state index >= 15 is 0 Å². The Balaban J connectivity index is 1.94. The summed E-state index contributed by atoms with van der Waals surface area (Å²) in [6.07, 6.45) is 0.0899. The normalized spacial score (nSPS) is 19.7. The number of hydrogen-bond donors (Lipinski definition) is 0.